The quantitative estimate of drug-likeness (QED) is 0.838. The third-order valence-electron chi connectivity index (χ3n) is 3.03. The van der Waals surface area contributed by atoms with Crippen LogP contribution in [0, 0.1) is 17.2 Å². The monoisotopic (exact) mass is 319 g/mol. The lowest BCUT2D eigenvalue weighted by Crippen LogP contribution is -2.36. The molecule has 0 aliphatic carbocycles. The Morgan fingerprint density at radius 3 is 2.57 bits per heavy atom. The third kappa shape index (κ3) is 5.51. The van der Waals surface area contributed by atoms with Crippen LogP contribution in [0.3, 0.4) is 0 Å². The van der Waals surface area contributed by atoms with Crippen LogP contribution in [0.4, 0.5) is 10.5 Å². The number of nitriles is 1. The van der Waals surface area contributed by atoms with Crippen molar-refractivity contribution in [1.29, 1.82) is 5.26 Å². The molecule has 0 aromatic heterocycles. The number of hydrogen-bond donors (Lipinski definition) is 2. The minimum atomic E-state index is -0.972. The Hall–Kier alpha value is -2.75. The fourth-order valence-electron chi connectivity index (χ4n) is 1.84. The standard InChI is InChI=1S/C16H21N3O4/c1-10(2)23-14-6-5-12(8-17)7-13(14)18-16(22)19(4)9-11(3)15(20)21/h5-7,10-11H,9H2,1-4H3,(H,18,22)(H,20,21). The summed E-state index contributed by atoms with van der Waals surface area (Å²) in [6.07, 6.45) is -0.0941. The Morgan fingerprint density at radius 1 is 1.39 bits per heavy atom. The highest BCUT2D eigenvalue weighted by Gasteiger charge is 2.19. The Bertz CT molecular complexity index is 622. The number of anilines is 1. The van der Waals surface area contributed by atoms with Gasteiger partial charge in [-0.15, -0.1) is 0 Å². The highest BCUT2D eigenvalue weighted by molar-refractivity contribution is 5.91. The molecule has 0 saturated heterocycles. The van der Waals surface area contributed by atoms with Crippen LogP contribution in [0.25, 0.3) is 0 Å². The van der Waals surface area contributed by atoms with Crippen molar-refractivity contribution in [3.8, 4) is 11.8 Å². The number of aliphatic carboxylic acids is 1. The fourth-order valence-corrected chi connectivity index (χ4v) is 1.84. The molecule has 0 fully saturated rings. The van der Waals surface area contributed by atoms with Gasteiger partial charge in [0, 0.05) is 13.6 Å². The van der Waals surface area contributed by atoms with Gasteiger partial charge < -0.3 is 20.1 Å². The first kappa shape index (κ1) is 18.3. The van der Waals surface area contributed by atoms with E-state index in [1.807, 2.05) is 19.9 Å². The molecule has 0 aliphatic rings. The summed E-state index contributed by atoms with van der Waals surface area (Å²) >= 11 is 0. The molecule has 7 nitrogen and oxygen atoms in total. The number of amides is 2. The first-order valence-corrected chi connectivity index (χ1v) is 7.20. The minimum absolute atomic E-state index is 0.0689. The van der Waals surface area contributed by atoms with Crippen LogP contribution in [-0.4, -0.2) is 41.7 Å². The molecule has 2 amide bonds. The summed E-state index contributed by atoms with van der Waals surface area (Å²) in [5, 5.41) is 20.5. The van der Waals surface area contributed by atoms with Gasteiger partial charge >= 0.3 is 12.0 Å². The zero-order valence-electron chi connectivity index (χ0n) is 13.7. The molecule has 0 bridgehead atoms. The maximum Gasteiger partial charge on any atom is 0.321 e. The molecule has 0 heterocycles. The first-order valence-electron chi connectivity index (χ1n) is 7.20. The highest BCUT2D eigenvalue weighted by atomic mass is 16.5. The van der Waals surface area contributed by atoms with E-state index >= 15 is 0 Å². The van der Waals surface area contributed by atoms with E-state index < -0.39 is 17.9 Å². The van der Waals surface area contributed by atoms with Crippen LogP contribution >= 0.6 is 0 Å². The highest BCUT2D eigenvalue weighted by Crippen LogP contribution is 2.27. The number of ether oxygens (including phenoxy) is 1. The summed E-state index contributed by atoms with van der Waals surface area (Å²) in [6.45, 7) is 5.30. The number of hydrogen-bond acceptors (Lipinski definition) is 4. The number of carboxylic acids is 1. The molecule has 23 heavy (non-hydrogen) atoms. The molecular formula is C16H21N3O4. The summed E-state index contributed by atoms with van der Waals surface area (Å²) in [5.74, 6) is -1.20. The zero-order chi connectivity index (χ0) is 17.6. The van der Waals surface area contributed by atoms with Crippen LogP contribution in [0.15, 0.2) is 18.2 Å². The molecule has 0 aliphatic heterocycles. The smallest absolute Gasteiger partial charge is 0.321 e. The number of rotatable bonds is 6. The molecular weight excluding hydrogens is 298 g/mol. The van der Waals surface area contributed by atoms with Crippen molar-refractivity contribution in [1.82, 2.24) is 4.90 Å². The molecule has 1 rings (SSSR count). The van der Waals surface area contributed by atoms with Gasteiger partial charge in [-0.1, -0.05) is 6.92 Å². The van der Waals surface area contributed by atoms with E-state index in [1.54, 1.807) is 12.1 Å². The number of benzene rings is 1. The maximum atomic E-state index is 12.2. The van der Waals surface area contributed by atoms with Gasteiger partial charge in [-0.05, 0) is 32.0 Å². The van der Waals surface area contributed by atoms with E-state index in [1.165, 1.54) is 24.9 Å². The molecule has 1 aromatic carbocycles. The molecule has 1 unspecified atom stereocenters. The third-order valence-corrected chi connectivity index (χ3v) is 3.03. The molecule has 7 heteroatoms. The molecule has 1 aromatic rings. The average molecular weight is 319 g/mol. The van der Waals surface area contributed by atoms with Gasteiger partial charge in [0.1, 0.15) is 5.75 Å². The van der Waals surface area contributed by atoms with Crippen molar-refractivity contribution < 1.29 is 19.4 Å². The second-order valence-corrected chi connectivity index (χ2v) is 5.54. The average Bonchev–Trinajstić information content (AvgIpc) is 2.48. The topological polar surface area (TPSA) is 103 Å². The lowest BCUT2D eigenvalue weighted by Gasteiger charge is -2.21. The number of carboxylic acid groups (broad SMARTS) is 1. The Morgan fingerprint density at radius 2 is 2.04 bits per heavy atom. The fraction of sp³-hybridized carbons (Fsp3) is 0.438. The normalized spacial score (nSPS) is 11.5. The molecule has 0 spiro atoms. The molecule has 0 saturated carbocycles. The van der Waals surface area contributed by atoms with E-state index in [4.69, 9.17) is 15.1 Å². The van der Waals surface area contributed by atoms with Crippen molar-refractivity contribution in [2.45, 2.75) is 26.9 Å². The lowest BCUT2D eigenvalue weighted by atomic mass is 10.2. The number of carbonyl (C=O) groups is 2. The van der Waals surface area contributed by atoms with Crippen molar-refractivity contribution in [2.75, 3.05) is 18.9 Å². The van der Waals surface area contributed by atoms with Gasteiger partial charge in [0.05, 0.1) is 29.3 Å². The second-order valence-electron chi connectivity index (χ2n) is 5.54. The number of carbonyl (C=O) groups excluding carboxylic acids is 1. The minimum Gasteiger partial charge on any atom is -0.489 e. The number of nitrogens with zero attached hydrogens (tertiary/aromatic N) is 2. The Labute approximate surface area is 135 Å². The first-order chi connectivity index (χ1) is 10.7. The van der Waals surface area contributed by atoms with E-state index in [0.29, 0.717) is 17.0 Å². The van der Waals surface area contributed by atoms with E-state index in [0.717, 1.165) is 0 Å². The van der Waals surface area contributed by atoms with Gasteiger partial charge in [0.25, 0.3) is 0 Å². The molecule has 2 N–H and O–H groups in total. The summed E-state index contributed by atoms with van der Waals surface area (Å²) in [7, 11) is 1.51. The van der Waals surface area contributed by atoms with Crippen LogP contribution in [-0.2, 0) is 4.79 Å². The summed E-state index contributed by atoms with van der Waals surface area (Å²) in [6, 6.07) is 6.27. The van der Waals surface area contributed by atoms with Crippen molar-refractivity contribution in [2.24, 2.45) is 5.92 Å². The predicted molar refractivity (Wildman–Crippen MR) is 85.4 cm³/mol. The summed E-state index contributed by atoms with van der Waals surface area (Å²) in [5.41, 5.74) is 0.760. The van der Waals surface area contributed by atoms with Gasteiger partial charge in [0.15, 0.2) is 0 Å². The van der Waals surface area contributed by atoms with Crippen molar-refractivity contribution >= 4 is 17.7 Å². The number of nitrogens with one attached hydrogen (secondary N) is 1. The predicted octanol–water partition coefficient (Wildman–Crippen LogP) is 2.53. The molecule has 0 radical (unpaired) electrons. The van der Waals surface area contributed by atoms with Crippen LogP contribution < -0.4 is 10.1 Å². The Kier molecular flexibility index (Phi) is 6.39. The van der Waals surface area contributed by atoms with Crippen molar-refractivity contribution in [3.63, 3.8) is 0 Å². The molecule has 1 atom stereocenters. The SMILES string of the molecule is CC(C)Oc1ccc(C#N)cc1NC(=O)N(C)CC(C)C(=O)O. The van der Waals surface area contributed by atoms with Crippen LogP contribution in [0.5, 0.6) is 5.75 Å². The van der Waals surface area contributed by atoms with Crippen molar-refractivity contribution in [3.05, 3.63) is 23.8 Å². The van der Waals surface area contributed by atoms with Crippen LogP contribution in [0.2, 0.25) is 0 Å². The lowest BCUT2D eigenvalue weighted by molar-refractivity contribution is -0.141. The zero-order valence-corrected chi connectivity index (χ0v) is 13.7. The maximum absolute atomic E-state index is 12.2. The van der Waals surface area contributed by atoms with Gasteiger partial charge in [-0.3, -0.25) is 4.79 Å². The van der Waals surface area contributed by atoms with E-state index in [2.05, 4.69) is 5.32 Å². The van der Waals surface area contributed by atoms with E-state index in [-0.39, 0.29) is 12.6 Å². The van der Waals surface area contributed by atoms with Crippen LogP contribution in [0.1, 0.15) is 26.3 Å². The number of urea groups is 1. The largest absolute Gasteiger partial charge is 0.489 e. The Balaban J connectivity index is 2.91. The summed E-state index contributed by atoms with van der Waals surface area (Å²) in [4.78, 5) is 24.3. The van der Waals surface area contributed by atoms with Gasteiger partial charge in [-0.2, -0.15) is 5.26 Å². The van der Waals surface area contributed by atoms with Gasteiger partial charge in [-0.25, -0.2) is 4.79 Å². The van der Waals surface area contributed by atoms with E-state index in [9.17, 15) is 9.59 Å². The summed E-state index contributed by atoms with van der Waals surface area (Å²) < 4.78 is 5.61. The molecule has 124 valence electrons. The second kappa shape index (κ2) is 8.03. The van der Waals surface area contributed by atoms with Gasteiger partial charge in [0.2, 0.25) is 0 Å².